The van der Waals surface area contributed by atoms with E-state index in [0.717, 1.165) is 10.9 Å². The Kier molecular flexibility index (Phi) is 5.48. The number of hydrogen-bond acceptors (Lipinski definition) is 1. The van der Waals surface area contributed by atoms with Crippen LogP contribution in [0, 0.1) is 0 Å². The molecule has 0 fully saturated rings. The lowest BCUT2D eigenvalue weighted by Gasteiger charge is -2.27. The van der Waals surface area contributed by atoms with Gasteiger partial charge in [-0.2, -0.15) is 0 Å². The zero-order valence-electron chi connectivity index (χ0n) is 9.69. The number of nitrogens with one attached hydrogen (secondary N) is 1. The van der Waals surface area contributed by atoms with E-state index >= 15 is 0 Å². The van der Waals surface area contributed by atoms with Crippen LogP contribution in [0.15, 0.2) is 22.7 Å². The van der Waals surface area contributed by atoms with Gasteiger partial charge in [0.1, 0.15) is 0 Å². The average molecular weight is 384 g/mol. The Morgan fingerprint density at radius 1 is 1.53 bits per heavy atom. The molecule has 0 heterocycles. The molecular formula is C12H14Br2ClNO. The van der Waals surface area contributed by atoms with E-state index in [1.807, 2.05) is 13.8 Å². The van der Waals surface area contributed by atoms with Gasteiger partial charge in [0.05, 0.1) is 5.56 Å². The fraction of sp³-hybridized carbons (Fsp3) is 0.417. The van der Waals surface area contributed by atoms with Crippen molar-refractivity contribution < 1.29 is 4.79 Å². The van der Waals surface area contributed by atoms with Crippen LogP contribution in [0.1, 0.15) is 30.6 Å². The minimum absolute atomic E-state index is 0.122. The number of benzene rings is 1. The van der Waals surface area contributed by atoms with Crippen LogP contribution in [0.5, 0.6) is 0 Å². The number of amides is 1. The molecule has 94 valence electrons. The van der Waals surface area contributed by atoms with Crippen molar-refractivity contribution in [2.24, 2.45) is 0 Å². The minimum Gasteiger partial charge on any atom is -0.346 e. The van der Waals surface area contributed by atoms with Crippen LogP contribution in [-0.2, 0) is 0 Å². The smallest absolute Gasteiger partial charge is 0.252 e. The second-order valence-electron chi connectivity index (χ2n) is 4.13. The van der Waals surface area contributed by atoms with Crippen molar-refractivity contribution in [2.45, 2.75) is 25.8 Å². The van der Waals surface area contributed by atoms with Gasteiger partial charge in [0.25, 0.3) is 5.91 Å². The molecule has 0 aliphatic heterocycles. The fourth-order valence-corrected chi connectivity index (χ4v) is 2.36. The Morgan fingerprint density at radius 2 is 2.18 bits per heavy atom. The molecule has 0 spiro atoms. The van der Waals surface area contributed by atoms with Crippen LogP contribution in [0.25, 0.3) is 0 Å². The summed E-state index contributed by atoms with van der Waals surface area (Å²) in [5, 5.41) is 4.26. The van der Waals surface area contributed by atoms with Crippen LogP contribution in [0.3, 0.4) is 0 Å². The number of carbonyl (C=O) groups is 1. The third kappa shape index (κ3) is 3.97. The van der Waals surface area contributed by atoms with Gasteiger partial charge in [0, 0.05) is 20.4 Å². The van der Waals surface area contributed by atoms with Gasteiger partial charge in [-0.3, -0.25) is 4.79 Å². The standard InChI is InChI=1S/C12H14Br2ClNO/c1-3-12(2,7-13)16-11(17)9-6-8(15)4-5-10(9)14/h4-6H,3,7H2,1-2H3,(H,16,17). The molecule has 0 saturated carbocycles. The Labute approximate surface area is 123 Å². The number of carbonyl (C=O) groups excluding carboxylic acids is 1. The van der Waals surface area contributed by atoms with Crippen LogP contribution in [0.4, 0.5) is 0 Å². The predicted molar refractivity (Wildman–Crippen MR) is 79.1 cm³/mol. The quantitative estimate of drug-likeness (QED) is 0.768. The number of rotatable bonds is 4. The molecule has 0 saturated heterocycles. The van der Waals surface area contributed by atoms with Gasteiger partial charge >= 0.3 is 0 Å². The summed E-state index contributed by atoms with van der Waals surface area (Å²) in [7, 11) is 0. The molecule has 0 aliphatic rings. The highest BCUT2D eigenvalue weighted by Crippen LogP contribution is 2.22. The lowest BCUT2D eigenvalue weighted by atomic mass is 10.0. The molecule has 1 rings (SSSR count). The third-order valence-electron chi connectivity index (χ3n) is 2.66. The highest BCUT2D eigenvalue weighted by molar-refractivity contribution is 9.10. The van der Waals surface area contributed by atoms with E-state index in [1.54, 1.807) is 18.2 Å². The van der Waals surface area contributed by atoms with E-state index in [2.05, 4.69) is 37.2 Å². The zero-order chi connectivity index (χ0) is 13.1. The maximum Gasteiger partial charge on any atom is 0.252 e. The normalized spacial score (nSPS) is 14.2. The summed E-state index contributed by atoms with van der Waals surface area (Å²) in [4.78, 5) is 12.1. The van der Waals surface area contributed by atoms with Crippen LogP contribution >= 0.6 is 43.5 Å². The zero-order valence-corrected chi connectivity index (χ0v) is 13.6. The van der Waals surface area contributed by atoms with E-state index in [0.29, 0.717) is 15.9 Å². The molecule has 1 atom stereocenters. The van der Waals surface area contributed by atoms with Gasteiger partial charge in [-0.1, -0.05) is 34.5 Å². The van der Waals surface area contributed by atoms with Gasteiger partial charge in [-0.05, 0) is 47.5 Å². The van der Waals surface area contributed by atoms with Crippen LogP contribution in [0.2, 0.25) is 5.02 Å². The molecule has 5 heteroatoms. The Hall–Kier alpha value is -0.0600. The lowest BCUT2D eigenvalue weighted by Crippen LogP contribution is -2.47. The Bertz CT molecular complexity index is 419. The molecular weight excluding hydrogens is 369 g/mol. The molecule has 1 aromatic rings. The Balaban J connectivity index is 2.94. The SMILES string of the molecule is CCC(C)(CBr)NC(=O)c1cc(Cl)ccc1Br. The molecule has 2 nitrogen and oxygen atoms in total. The van der Waals surface area contributed by atoms with Crippen molar-refractivity contribution in [1.82, 2.24) is 5.32 Å². The van der Waals surface area contributed by atoms with Gasteiger partial charge in [0.15, 0.2) is 0 Å². The van der Waals surface area contributed by atoms with Gasteiger partial charge in [-0.25, -0.2) is 0 Å². The Morgan fingerprint density at radius 3 is 2.71 bits per heavy atom. The summed E-state index contributed by atoms with van der Waals surface area (Å²) in [6.45, 7) is 4.03. The monoisotopic (exact) mass is 381 g/mol. The fourth-order valence-electron chi connectivity index (χ4n) is 1.23. The van der Waals surface area contributed by atoms with Crippen molar-refractivity contribution in [2.75, 3.05) is 5.33 Å². The first-order valence-electron chi connectivity index (χ1n) is 5.25. The van der Waals surface area contributed by atoms with Crippen molar-refractivity contribution >= 4 is 49.4 Å². The van der Waals surface area contributed by atoms with E-state index in [9.17, 15) is 4.79 Å². The summed E-state index contributed by atoms with van der Waals surface area (Å²) < 4.78 is 0.743. The van der Waals surface area contributed by atoms with Crippen molar-refractivity contribution in [3.63, 3.8) is 0 Å². The first-order chi connectivity index (χ1) is 7.91. The van der Waals surface area contributed by atoms with E-state index in [1.165, 1.54) is 0 Å². The predicted octanol–water partition coefficient (Wildman–Crippen LogP) is 4.40. The van der Waals surface area contributed by atoms with E-state index in [-0.39, 0.29) is 11.4 Å². The number of halogens is 3. The number of alkyl halides is 1. The molecule has 1 aromatic carbocycles. The molecule has 0 aromatic heterocycles. The first-order valence-corrected chi connectivity index (χ1v) is 7.54. The largest absolute Gasteiger partial charge is 0.346 e. The average Bonchev–Trinajstić information content (AvgIpc) is 2.32. The molecule has 1 N–H and O–H groups in total. The molecule has 1 amide bonds. The lowest BCUT2D eigenvalue weighted by molar-refractivity contribution is 0.0912. The van der Waals surface area contributed by atoms with Crippen molar-refractivity contribution in [3.8, 4) is 0 Å². The first kappa shape index (κ1) is 15.0. The van der Waals surface area contributed by atoms with E-state index < -0.39 is 0 Å². The van der Waals surface area contributed by atoms with Crippen molar-refractivity contribution in [3.05, 3.63) is 33.3 Å². The molecule has 1 unspecified atom stereocenters. The molecule has 0 aliphatic carbocycles. The second kappa shape index (κ2) is 6.21. The summed E-state index contributed by atoms with van der Waals surface area (Å²) >= 11 is 12.7. The van der Waals surface area contributed by atoms with Gasteiger partial charge in [0.2, 0.25) is 0 Å². The molecule has 17 heavy (non-hydrogen) atoms. The van der Waals surface area contributed by atoms with Crippen LogP contribution in [-0.4, -0.2) is 16.8 Å². The van der Waals surface area contributed by atoms with Gasteiger partial charge < -0.3 is 5.32 Å². The summed E-state index contributed by atoms with van der Waals surface area (Å²) in [5.74, 6) is -0.122. The van der Waals surface area contributed by atoms with E-state index in [4.69, 9.17) is 11.6 Å². The second-order valence-corrected chi connectivity index (χ2v) is 5.98. The topological polar surface area (TPSA) is 29.1 Å². The molecule has 0 radical (unpaired) electrons. The van der Waals surface area contributed by atoms with Crippen LogP contribution < -0.4 is 5.32 Å². The van der Waals surface area contributed by atoms with Gasteiger partial charge in [-0.15, -0.1) is 0 Å². The third-order valence-corrected chi connectivity index (χ3v) is 4.83. The molecule has 0 bridgehead atoms. The highest BCUT2D eigenvalue weighted by atomic mass is 79.9. The highest BCUT2D eigenvalue weighted by Gasteiger charge is 2.24. The number of hydrogen-bond donors (Lipinski definition) is 1. The summed E-state index contributed by atoms with van der Waals surface area (Å²) in [5.41, 5.74) is 0.303. The maximum atomic E-state index is 12.1. The maximum absolute atomic E-state index is 12.1. The van der Waals surface area contributed by atoms with Crippen molar-refractivity contribution in [1.29, 1.82) is 0 Å². The summed E-state index contributed by atoms with van der Waals surface area (Å²) in [6.07, 6.45) is 0.849. The minimum atomic E-state index is -0.251. The summed E-state index contributed by atoms with van der Waals surface area (Å²) in [6, 6.07) is 5.17.